The molecular weight excluding hydrogens is 536 g/mol. The molecule has 3 aromatic carbocycles. The number of aliphatic imine (C=N–C) groups is 2. The van der Waals surface area contributed by atoms with Crippen molar-refractivity contribution in [1.29, 1.82) is 0 Å². The molecule has 0 atom stereocenters. The lowest BCUT2D eigenvalue weighted by atomic mass is 10.1. The molecule has 2 aliphatic rings. The van der Waals surface area contributed by atoms with Crippen molar-refractivity contribution >= 4 is 46.7 Å². The fraction of sp³-hybridized carbons (Fsp3) is 0.200. The standard InChI is InChI=1S/C30H30N8O4/c39-25(37-23-9-5-19(6-10-23)27-31-13-14-32-27)17-35-29(41)21-1-2-22(4-3-21)30(42)36-18-26(40)38-24-11-7-20(8-12-24)28-33-15-16-34-28/h1-12H,13-18H2,(H,31,32)(H,33,34)(H,35,41)(H,36,42)(H,37,39)(H,38,40). The number of rotatable bonds is 10. The Labute approximate surface area is 242 Å². The molecule has 0 radical (unpaired) electrons. The van der Waals surface area contributed by atoms with Gasteiger partial charge in [-0.15, -0.1) is 0 Å². The van der Waals surface area contributed by atoms with Gasteiger partial charge in [0.1, 0.15) is 11.7 Å². The molecule has 2 heterocycles. The van der Waals surface area contributed by atoms with Crippen LogP contribution in [0.4, 0.5) is 11.4 Å². The van der Waals surface area contributed by atoms with Crippen LogP contribution >= 0.6 is 0 Å². The zero-order chi connectivity index (χ0) is 29.3. The normalized spacial score (nSPS) is 13.6. The molecular formula is C30H30N8O4. The highest BCUT2D eigenvalue weighted by Crippen LogP contribution is 2.12. The Hall–Kier alpha value is -5.52. The van der Waals surface area contributed by atoms with Crippen LogP contribution in [0, 0.1) is 0 Å². The minimum atomic E-state index is -0.459. The molecule has 0 aliphatic carbocycles. The van der Waals surface area contributed by atoms with Gasteiger partial charge >= 0.3 is 0 Å². The van der Waals surface area contributed by atoms with E-state index in [1.807, 2.05) is 24.3 Å². The van der Waals surface area contributed by atoms with Gasteiger partial charge in [-0.3, -0.25) is 29.2 Å². The van der Waals surface area contributed by atoms with Crippen molar-refractivity contribution in [2.24, 2.45) is 9.98 Å². The fourth-order valence-electron chi connectivity index (χ4n) is 4.31. The van der Waals surface area contributed by atoms with Crippen molar-refractivity contribution in [2.75, 3.05) is 49.9 Å². The molecule has 0 bridgehead atoms. The molecule has 2 aliphatic heterocycles. The van der Waals surface area contributed by atoms with E-state index in [0.717, 1.165) is 49.0 Å². The van der Waals surface area contributed by atoms with E-state index >= 15 is 0 Å². The number of amidine groups is 2. The molecule has 4 amide bonds. The first-order chi connectivity index (χ1) is 20.4. The molecule has 0 spiro atoms. The van der Waals surface area contributed by atoms with Crippen molar-refractivity contribution < 1.29 is 19.2 Å². The number of hydrogen-bond acceptors (Lipinski definition) is 8. The lowest BCUT2D eigenvalue weighted by Crippen LogP contribution is -2.33. The summed E-state index contributed by atoms with van der Waals surface area (Å²) in [4.78, 5) is 58.3. The second-order valence-corrected chi connectivity index (χ2v) is 9.51. The summed E-state index contributed by atoms with van der Waals surface area (Å²) in [5.41, 5.74) is 3.65. The predicted molar refractivity (Wildman–Crippen MR) is 160 cm³/mol. The van der Waals surface area contributed by atoms with Crippen LogP contribution < -0.4 is 31.9 Å². The van der Waals surface area contributed by atoms with Gasteiger partial charge in [0.15, 0.2) is 0 Å². The molecule has 0 saturated carbocycles. The van der Waals surface area contributed by atoms with Crippen LogP contribution in [0.1, 0.15) is 31.8 Å². The number of hydrogen-bond donors (Lipinski definition) is 6. The summed E-state index contributed by atoms with van der Waals surface area (Å²) in [6.07, 6.45) is 0. The second-order valence-electron chi connectivity index (χ2n) is 9.51. The molecule has 12 nitrogen and oxygen atoms in total. The molecule has 6 N–H and O–H groups in total. The van der Waals surface area contributed by atoms with Crippen molar-refractivity contribution in [1.82, 2.24) is 21.3 Å². The first-order valence-corrected chi connectivity index (χ1v) is 13.5. The van der Waals surface area contributed by atoms with Gasteiger partial charge in [-0.25, -0.2) is 0 Å². The highest BCUT2D eigenvalue weighted by Gasteiger charge is 2.13. The molecule has 12 heteroatoms. The van der Waals surface area contributed by atoms with E-state index in [1.54, 1.807) is 24.3 Å². The first-order valence-electron chi connectivity index (χ1n) is 13.5. The number of nitrogens with one attached hydrogen (secondary N) is 6. The molecule has 42 heavy (non-hydrogen) atoms. The number of carbonyl (C=O) groups excluding carboxylic acids is 4. The first kappa shape index (κ1) is 28.0. The van der Waals surface area contributed by atoms with Crippen LogP contribution in [0.5, 0.6) is 0 Å². The Balaban J connectivity index is 1.03. The zero-order valence-corrected chi connectivity index (χ0v) is 22.7. The van der Waals surface area contributed by atoms with Crippen LogP contribution in [0.25, 0.3) is 0 Å². The van der Waals surface area contributed by atoms with E-state index in [9.17, 15) is 19.2 Å². The van der Waals surface area contributed by atoms with E-state index in [4.69, 9.17) is 0 Å². The largest absolute Gasteiger partial charge is 0.368 e. The van der Waals surface area contributed by atoms with E-state index in [-0.39, 0.29) is 36.0 Å². The van der Waals surface area contributed by atoms with Crippen LogP contribution in [0.3, 0.4) is 0 Å². The van der Waals surface area contributed by atoms with E-state index < -0.39 is 11.8 Å². The highest BCUT2D eigenvalue weighted by atomic mass is 16.2. The van der Waals surface area contributed by atoms with Crippen molar-refractivity contribution in [3.63, 3.8) is 0 Å². The quantitative estimate of drug-likeness (QED) is 0.215. The van der Waals surface area contributed by atoms with Gasteiger partial charge < -0.3 is 31.9 Å². The van der Waals surface area contributed by atoms with Gasteiger partial charge in [-0.1, -0.05) is 0 Å². The smallest absolute Gasteiger partial charge is 0.251 e. The van der Waals surface area contributed by atoms with E-state index in [2.05, 4.69) is 41.9 Å². The molecule has 0 aromatic heterocycles. The molecule has 0 unspecified atom stereocenters. The predicted octanol–water partition coefficient (Wildman–Crippen LogP) is 1.12. The van der Waals surface area contributed by atoms with Crippen molar-refractivity contribution in [3.8, 4) is 0 Å². The number of benzene rings is 3. The summed E-state index contributed by atoms with van der Waals surface area (Å²) in [5.74, 6) is -0.00649. The van der Waals surface area contributed by atoms with Gasteiger partial charge in [0.25, 0.3) is 11.8 Å². The summed E-state index contributed by atoms with van der Waals surface area (Å²) in [6.45, 7) is 2.67. The minimum Gasteiger partial charge on any atom is -0.368 e. The van der Waals surface area contributed by atoms with Crippen molar-refractivity contribution in [3.05, 3.63) is 95.1 Å². The Morgan fingerprint density at radius 2 is 0.952 bits per heavy atom. The minimum absolute atomic E-state index is 0.222. The number of amides is 4. The molecule has 214 valence electrons. The average molecular weight is 567 g/mol. The summed E-state index contributed by atoms with van der Waals surface area (Å²) < 4.78 is 0. The lowest BCUT2D eigenvalue weighted by Gasteiger charge is -2.09. The van der Waals surface area contributed by atoms with Crippen LogP contribution in [-0.2, 0) is 9.59 Å². The second kappa shape index (κ2) is 13.2. The summed E-state index contributed by atoms with van der Waals surface area (Å²) in [5, 5.41) is 17.0. The summed E-state index contributed by atoms with van der Waals surface area (Å²) >= 11 is 0. The molecule has 3 aromatic rings. The zero-order valence-electron chi connectivity index (χ0n) is 22.7. The Bertz CT molecular complexity index is 1410. The van der Waals surface area contributed by atoms with E-state index in [0.29, 0.717) is 11.4 Å². The van der Waals surface area contributed by atoms with Gasteiger partial charge in [-0.05, 0) is 72.8 Å². The topological polar surface area (TPSA) is 165 Å². The lowest BCUT2D eigenvalue weighted by molar-refractivity contribution is -0.116. The fourth-order valence-corrected chi connectivity index (χ4v) is 4.31. The monoisotopic (exact) mass is 566 g/mol. The molecule has 5 rings (SSSR count). The Morgan fingerprint density at radius 3 is 1.29 bits per heavy atom. The number of nitrogens with zero attached hydrogens (tertiary/aromatic N) is 2. The average Bonchev–Trinajstić information content (AvgIpc) is 3.75. The number of carbonyl (C=O) groups is 4. The van der Waals surface area contributed by atoms with Gasteiger partial charge in [0.2, 0.25) is 11.8 Å². The maximum Gasteiger partial charge on any atom is 0.251 e. The summed E-state index contributed by atoms with van der Waals surface area (Å²) in [7, 11) is 0. The summed E-state index contributed by atoms with van der Waals surface area (Å²) in [6, 6.07) is 20.4. The van der Waals surface area contributed by atoms with E-state index in [1.165, 1.54) is 24.3 Å². The van der Waals surface area contributed by atoms with Gasteiger partial charge in [0.05, 0.1) is 26.2 Å². The third-order valence-corrected chi connectivity index (χ3v) is 6.46. The van der Waals surface area contributed by atoms with Crippen LogP contribution in [0.2, 0.25) is 0 Å². The van der Waals surface area contributed by atoms with Crippen LogP contribution in [0.15, 0.2) is 82.8 Å². The third-order valence-electron chi connectivity index (χ3n) is 6.46. The SMILES string of the molecule is O=C(CNC(=O)c1ccc(C(=O)NCC(=O)Nc2ccc(C3=NCCN3)cc2)cc1)Nc1ccc(C2=NCCN2)cc1. The van der Waals surface area contributed by atoms with Crippen LogP contribution in [-0.4, -0.2) is 74.6 Å². The Morgan fingerprint density at radius 1 is 0.571 bits per heavy atom. The number of anilines is 2. The Kier molecular flexibility index (Phi) is 8.82. The highest BCUT2D eigenvalue weighted by molar-refractivity contribution is 6.03. The molecule has 0 saturated heterocycles. The third kappa shape index (κ3) is 7.36. The van der Waals surface area contributed by atoms with Gasteiger partial charge in [-0.2, -0.15) is 0 Å². The molecule has 0 fully saturated rings. The maximum absolute atomic E-state index is 12.5. The van der Waals surface area contributed by atoms with Crippen molar-refractivity contribution in [2.45, 2.75) is 0 Å². The van der Waals surface area contributed by atoms with Gasteiger partial charge in [0, 0.05) is 46.7 Å². The maximum atomic E-state index is 12.5.